The van der Waals surface area contributed by atoms with Gasteiger partial charge in [0.25, 0.3) is 0 Å². The molecule has 0 rings (SSSR count). The van der Waals surface area contributed by atoms with Gasteiger partial charge in [0.05, 0.1) is 6.61 Å². The Balaban J connectivity index is 3.38. The minimum absolute atomic E-state index is 0.166. The largest absolute Gasteiger partial charge is 0.392 e. The lowest BCUT2D eigenvalue weighted by Gasteiger charge is -2.00. The van der Waals surface area contributed by atoms with Gasteiger partial charge in [0, 0.05) is 0 Å². The van der Waals surface area contributed by atoms with E-state index in [1.54, 1.807) is 0 Å². The number of allylic oxidation sites excluding steroid dienone is 2. The molecule has 0 saturated heterocycles. The fourth-order valence-corrected chi connectivity index (χ4v) is 0.927. The molecule has 64 valence electrons. The van der Waals surface area contributed by atoms with Gasteiger partial charge < -0.3 is 5.11 Å². The van der Waals surface area contributed by atoms with Gasteiger partial charge in [-0.1, -0.05) is 17.2 Å². The van der Waals surface area contributed by atoms with Crippen molar-refractivity contribution in [3.8, 4) is 0 Å². The van der Waals surface area contributed by atoms with Crippen LogP contribution in [0.2, 0.25) is 0 Å². The van der Waals surface area contributed by atoms with E-state index in [9.17, 15) is 0 Å². The second-order valence-electron chi connectivity index (χ2n) is 3.04. The Kier molecular flexibility index (Phi) is 5.86. The van der Waals surface area contributed by atoms with Crippen molar-refractivity contribution >= 4 is 0 Å². The molecule has 0 aliphatic rings. The van der Waals surface area contributed by atoms with Crippen LogP contribution in [-0.4, -0.2) is 11.7 Å². The van der Waals surface area contributed by atoms with Gasteiger partial charge in [-0.15, -0.1) is 6.58 Å². The normalized spacial score (nSPS) is 11.7. The smallest absolute Gasteiger partial charge is 0.0614 e. The maximum Gasteiger partial charge on any atom is 0.0614 e. The standard InChI is InChI=1S/C10H18O/c1-9(2)5-4-6-10(3)7-8-11/h7,11H,1,4-6,8H2,2-3H3. The first-order valence-corrected chi connectivity index (χ1v) is 4.07. The van der Waals surface area contributed by atoms with Gasteiger partial charge in [-0.2, -0.15) is 0 Å². The van der Waals surface area contributed by atoms with Crippen LogP contribution in [0, 0.1) is 0 Å². The van der Waals surface area contributed by atoms with Crippen molar-refractivity contribution in [3.05, 3.63) is 23.8 Å². The van der Waals surface area contributed by atoms with Gasteiger partial charge in [-0.3, -0.25) is 0 Å². The maximum absolute atomic E-state index is 8.55. The predicted octanol–water partition coefficient (Wildman–Crippen LogP) is 2.67. The number of hydrogen-bond donors (Lipinski definition) is 1. The monoisotopic (exact) mass is 154 g/mol. The molecule has 11 heavy (non-hydrogen) atoms. The van der Waals surface area contributed by atoms with Crippen LogP contribution in [-0.2, 0) is 0 Å². The molecule has 1 heteroatoms. The zero-order valence-corrected chi connectivity index (χ0v) is 7.56. The molecule has 0 bridgehead atoms. The molecule has 0 aliphatic carbocycles. The third-order valence-electron chi connectivity index (χ3n) is 1.61. The van der Waals surface area contributed by atoms with Crippen molar-refractivity contribution in [1.29, 1.82) is 0 Å². The fraction of sp³-hybridized carbons (Fsp3) is 0.600. The van der Waals surface area contributed by atoms with E-state index in [4.69, 9.17) is 5.11 Å². The number of rotatable bonds is 5. The lowest BCUT2D eigenvalue weighted by Crippen LogP contribution is -1.82. The van der Waals surface area contributed by atoms with Gasteiger partial charge in [0.15, 0.2) is 0 Å². The van der Waals surface area contributed by atoms with Crippen LogP contribution in [0.15, 0.2) is 23.8 Å². The Morgan fingerprint density at radius 3 is 2.45 bits per heavy atom. The zero-order valence-electron chi connectivity index (χ0n) is 7.56. The third kappa shape index (κ3) is 7.34. The summed E-state index contributed by atoms with van der Waals surface area (Å²) in [4.78, 5) is 0. The minimum Gasteiger partial charge on any atom is -0.392 e. The quantitative estimate of drug-likeness (QED) is 0.604. The van der Waals surface area contributed by atoms with Gasteiger partial charge in [0.1, 0.15) is 0 Å². The molecular weight excluding hydrogens is 136 g/mol. The molecule has 0 aromatic rings. The summed E-state index contributed by atoms with van der Waals surface area (Å²) >= 11 is 0. The summed E-state index contributed by atoms with van der Waals surface area (Å²) in [6.45, 7) is 8.09. The average Bonchev–Trinajstić information content (AvgIpc) is 1.87. The van der Waals surface area contributed by atoms with E-state index in [-0.39, 0.29) is 6.61 Å². The van der Waals surface area contributed by atoms with Crippen molar-refractivity contribution in [1.82, 2.24) is 0 Å². The van der Waals surface area contributed by atoms with E-state index in [1.807, 2.05) is 13.0 Å². The first-order chi connectivity index (χ1) is 5.16. The van der Waals surface area contributed by atoms with Gasteiger partial charge in [-0.05, 0) is 33.1 Å². The SMILES string of the molecule is C=C(C)CCCC(C)=CCO. The third-order valence-corrected chi connectivity index (χ3v) is 1.61. The minimum atomic E-state index is 0.166. The van der Waals surface area contributed by atoms with Gasteiger partial charge >= 0.3 is 0 Å². The summed E-state index contributed by atoms with van der Waals surface area (Å²) < 4.78 is 0. The first kappa shape index (κ1) is 10.4. The summed E-state index contributed by atoms with van der Waals surface area (Å²) in [5, 5.41) is 8.55. The molecule has 0 atom stereocenters. The molecule has 0 radical (unpaired) electrons. The van der Waals surface area contributed by atoms with E-state index >= 15 is 0 Å². The predicted molar refractivity (Wildman–Crippen MR) is 49.5 cm³/mol. The summed E-state index contributed by atoms with van der Waals surface area (Å²) in [6, 6.07) is 0. The number of hydrogen-bond acceptors (Lipinski definition) is 1. The van der Waals surface area contributed by atoms with Gasteiger partial charge in [-0.25, -0.2) is 0 Å². The van der Waals surface area contributed by atoms with E-state index in [0.29, 0.717) is 0 Å². The average molecular weight is 154 g/mol. The van der Waals surface area contributed by atoms with E-state index in [1.165, 1.54) is 11.1 Å². The van der Waals surface area contributed by atoms with Crippen LogP contribution >= 0.6 is 0 Å². The van der Waals surface area contributed by atoms with Crippen LogP contribution in [0.4, 0.5) is 0 Å². The lowest BCUT2D eigenvalue weighted by molar-refractivity contribution is 0.341. The second-order valence-corrected chi connectivity index (χ2v) is 3.04. The molecule has 0 aliphatic heterocycles. The van der Waals surface area contributed by atoms with Crippen LogP contribution in [0.25, 0.3) is 0 Å². The van der Waals surface area contributed by atoms with E-state index < -0.39 is 0 Å². The second kappa shape index (κ2) is 6.17. The Morgan fingerprint density at radius 1 is 1.36 bits per heavy atom. The number of aliphatic hydroxyl groups is 1. The maximum atomic E-state index is 8.55. The van der Waals surface area contributed by atoms with Crippen LogP contribution in [0.3, 0.4) is 0 Å². The molecule has 0 aromatic heterocycles. The highest BCUT2D eigenvalue weighted by Crippen LogP contribution is 2.09. The summed E-state index contributed by atoms with van der Waals surface area (Å²) in [5.74, 6) is 0. The topological polar surface area (TPSA) is 20.2 Å². The lowest BCUT2D eigenvalue weighted by atomic mass is 10.1. The molecule has 0 heterocycles. The first-order valence-electron chi connectivity index (χ1n) is 4.07. The Hall–Kier alpha value is -0.560. The molecule has 0 fully saturated rings. The summed E-state index contributed by atoms with van der Waals surface area (Å²) in [5.41, 5.74) is 2.51. The molecule has 1 N–H and O–H groups in total. The molecule has 0 saturated carbocycles. The fourth-order valence-electron chi connectivity index (χ4n) is 0.927. The van der Waals surface area contributed by atoms with Crippen molar-refractivity contribution < 1.29 is 5.11 Å². The van der Waals surface area contributed by atoms with Gasteiger partial charge in [0.2, 0.25) is 0 Å². The Bertz CT molecular complexity index is 145. The van der Waals surface area contributed by atoms with E-state index in [0.717, 1.165) is 19.3 Å². The number of aliphatic hydroxyl groups excluding tert-OH is 1. The van der Waals surface area contributed by atoms with Crippen LogP contribution < -0.4 is 0 Å². The molecule has 1 nitrogen and oxygen atoms in total. The van der Waals surface area contributed by atoms with Crippen LogP contribution in [0.1, 0.15) is 33.1 Å². The molecule has 0 aromatic carbocycles. The van der Waals surface area contributed by atoms with Crippen molar-refractivity contribution in [3.63, 3.8) is 0 Å². The van der Waals surface area contributed by atoms with Crippen molar-refractivity contribution in [2.24, 2.45) is 0 Å². The van der Waals surface area contributed by atoms with E-state index in [2.05, 4.69) is 13.5 Å². The zero-order chi connectivity index (χ0) is 8.69. The highest BCUT2D eigenvalue weighted by Gasteiger charge is 1.90. The highest BCUT2D eigenvalue weighted by atomic mass is 16.2. The molecule has 0 spiro atoms. The molecule has 0 amide bonds. The Labute approximate surface area is 69.4 Å². The van der Waals surface area contributed by atoms with Crippen molar-refractivity contribution in [2.75, 3.05) is 6.61 Å². The summed E-state index contributed by atoms with van der Waals surface area (Å²) in [7, 11) is 0. The van der Waals surface area contributed by atoms with Crippen molar-refractivity contribution in [2.45, 2.75) is 33.1 Å². The van der Waals surface area contributed by atoms with Crippen LogP contribution in [0.5, 0.6) is 0 Å². The summed E-state index contributed by atoms with van der Waals surface area (Å²) in [6.07, 6.45) is 5.18. The molecule has 0 unspecified atom stereocenters. The Morgan fingerprint density at radius 2 is 2.00 bits per heavy atom. The molecular formula is C10H18O. The highest BCUT2D eigenvalue weighted by molar-refractivity contribution is 4.99.